The Balaban J connectivity index is 1.90. The number of anilines is 1. The fourth-order valence-electron chi connectivity index (χ4n) is 3.54. The van der Waals surface area contributed by atoms with Gasteiger partial charge in [-0.1, -0.05) is 91.0 Å². The first-order valence-electron chi connectivity index (χ1n) is 9.29. The van der Waals surface area contributed by atoms with Crippen molar-refractivity contribution in [2.75, 3.05) is 5.32 Å². The van der Waals surface area contributed by atoms with E-state index in [1.807, 2.05) is 54.6 Å². The van der Waals surface area contributed by atoms with Crippen LogP contribution >= 0.6 is 11.3 Å². The highest BCUT2D eigenvalue weighted by molar-refractivity contribution is 7.13. The molecule has 0 amide bonds. The lowest BCUT2D eigenvalue weighted by Crippen LogP contribution is -2.38. The van der Waals surface area contributed by atoms with Crippen molar-refractivity contribution in [3.8, 4) is 0 Å². The van der Waals surface area contributed by atoms with Crippen LogP contribution in [0.3, 0.4) is 0 Å². The van der Waals surface area contributed by atoms with E-state index in [9.17, 15) is 4.79 Å². The molecule has 0 saturated heterocycles. The molecule has 1 heterocycles. The first-order chi connectivity index (χ1) is 14.2. The van der Waals surface area contributed by atoms with Gasteiger partial charge < -0.3 is 10.4 Å². The van der Waals surface area contributed by atoms with Crippen molar-refractivity contribution in [2.24, 2.45) is 0 Å². The molecule has 0 aliphatic rings. The summed E-state index contributed by atoms with van der Waals surface area (Å²) in [5, 5.41) is 15.2. The van der Waals surface area contributed by atoms with Gasteiger partial charge in [0.1, 0.15) is 5.54 Å². The van der Waals surface area contributed by atoms with Crippen LogP contribution in [0.15, 0.2) is 96.4 Å². The van der Waals surface area contributed by atoms with Crippen LogP contribution in [0, 0.1) is 0 Å². The van der Waals surface area contributed by atoms with E-state index < -0.39 is 11.5 Å². The molecule has 0 aliphatic heterocycles. The minimum atomic E-state index is -0.887. The van der Waals surface area contributed by atoms with Gasteiger partial charge in [0.2, 0.25) is 0 Å². The Bertz CT molecular complexity index is 983. The third-order valence-electron chi connectivity index (χ3n) is 4.80. The van der Waals surface area contributed by atoms with Gasteiger partial charge in [0.15, 0.2) is 5.13 Å². The second kappa shape index (κ2) is 8.29. The van der Waals surface area contributed by atoms with Crippen molar-refractivity contribution in [3.05, 3.63) is 119 Å². The van der Waals surface area contributed by atoms with Gasteiger partial charge in [-0.15, -0.1) is 11.3 Å². The van der Waals surface area contributed by atoms with Gasteiger partial charge in [0, 0.05) is 5.38 Å². The van der Waals surface area contributed by atoms with Crippen LogP contribution < -0.4 is 5.32 Å². The number of benzene rings is 3. The van der Waals surface area contributed by atoms with E-state index in [-0.39, 0.29) is 6.42 Å². The number of carboxylic acid groups (broad SMARTS) is 1. The summed E-state index contributed by atoms with van der Waals surface area (Å²) in [6.07, 6.45) is -0.0901. The number of hydrogen-bond acceptors (Lipinski definition) is 4. The second-order valence-corrected chi connectivity index (χ2v) is 7.55. The van der Waals surface area contributed by atoms with E-state index in [0.29, 0.717) is 10.8 Å². The normalized spacial score (nSPS) is 11.2. The zero-order valence-electron chi connectivity index (χ0n) is 15.7. The summed E-state index contributed by atoms with van der Waals surface area (Å²) in [5.74, 6) is -0.887. The number of aromatic nitrogens is 1. The third kappa shape index (κ3) is 3.91. The quantitative estimate of drug-likeness (QED) is 0.420. The smallest absolute Gasteiger partial charge is 0.309 e. The molecule has 0 radical (unpaired) electrons. The Morgan fingerprint density at radius 2 is 1.28 bits per heavy atom. The number of rotatable bonds is 7. The van der Waals surface area contributed by atoms with Gasteiger partial charge in [-0.3, -0.25) is 4.79 Å². The highest BCUT2D eigenvalue weighted by Gasteiger charge is 2.37. The summed E-state index contributed by atoms with van der Waals surface area (Å²) in [6.45, 7) is 0. The van der Waals surface area contributed by atoms with Crippen molar-refractivity contribution in [1.82, 2.24) is 4.98 Å². The molecule has 0 fully saturated rings. The van der Waals surface area contributed by atoms with Crippen LogP contribution in [-0.4, -0.2) is 16.1 Å². The van der Waals surface area contributed by atoms with E-state index in [0.717, 1.165) is 16.7 Å². The molecular formula is C24H20N2O2S. The maximum atomic E-state index is 11.1. The molecule has 0 unspecified atom stereocenters. The summed E-state index contributed by atoms with van der Waals surface area (Å²) in [6, 6.07) is 30.7. The van der Waals surface area contributed by atoms with Crippen LogP contribution in [0.1, 0.15) is 22.4 Å². The monoisotopic (exact) mass is 400 g/mol. The summed E-state index contributed by atoms with van der Waals surface area (Å²) in [7, 11) is 0. The van der Waals surface area contributed by atoms with Gasteiger partial charge in [-0.25, -0.2) is 4.98 Å². The van der Waals surface area contributed by atoms with Gasteiger partial charge in [-0.05, 0) is 16.7 Å². The SMILES string of the molecule is O=C(O)Cc1csc(NC(c2ccccc2)(c2ccccc2)c2ccccc2)n1. The molecule has 2 N–H and O–H groups in total. The predicted octanol–water partition coefficient (Wildman–Crippen LogP) is 5.17. The molecule has 4 aromatic rings. The lowest BCUT2D eigenvalue weighted by molar-refractivity contribution is -0.136. The number of thiazole rings is 1. The van der Waals surface area contributed by atoms with Gasteiger partial charge in [0.25, 0.3) is 0 Å². The van der Waals surface area contributed by atoms with E-state index >= 15 is 0 Å². The molecule has 0 aliphatic carbocycles. The summed E-state index contributed by atoms with van der Waals surface area (Å²) in [4.78, 5) is 15.6. The molecule has 0 saturated carbocycles. The van der Waals surface area contributed by atoms with Gasteiger partial charge in [-0.2, -0.15) is 0 Å². The highest BCUT2D eigenvalue weighted by atomic mass is 32.1. The zero-order valence-corrected chi connectivity index (χ0v) is 16.5. The van der Waals surface area contributed by atoms with Crippen molar-refractivity contribution in [3.63, 3.8) is 0 Å². The molecule has 1 aromatic heterocycles. The van der Waals surface area contributed by atoms with E-state index in [1.165, 1.54) is 11.3 Å². The molecule has 0 bridgehead atoms. The predicted molar refractivity (Wildman–Crippen MR) is 116 cm³/mol. The van der Waals surface area contributed by atoms with Crippen LogP contribution in [0.2, 0.25) is 0 Å². The lowest BCUT2D eigenvalue weighted by Gasteiger charge is -2.36. The van der Waals surface area contributed by atoms with Crippen LogP contribution in [-0.2, 0) is 16.8 Å². The van der Waals surface area contributed by atoms with Crippen LogP contribution in [0.25, 0.3) is 0 Å². The highest BCUT2D eigenvalue weighted by Crippen LogP contribution is 2.40. The maximum absolute atomic E-state index is 11.1. The standard InChI is InChI=1S/C24H20N2O2S/c27-22(28)16-21-17-29-23(25-21)26-24(18-10-4-1-5-11-18,19-12-6-2-7-13-19)20-14-8-3-9-15-20/h1-15,17H,16H2,(H,25,26)(H,27,28). The number of hydrogen-bond donors (Lipinski definition) is 2. The summed E-state index contributed by atoms with van der Waals surface area (Å²) >= 11 is 1.42. The summed E-state index contributed by atoms with van der Waals surface area (Å²) < 4.78 is 0. The second-order valence-electron chi connectivity index (χ2n) is 6.69. The number of nitrogens with one attached hydrogen (secondary N) is 1. The Labute approximate surface area is 173 Å². The lowest BCUT2D eigenvalue weighted by atomic mass is 9.77. The Morgan fingerprint density at radius 1 is 0.828 bits per heavy atom. The van der Waals surface area contributed by atoms with E-state index in [2.05, 4.69) is 46.7 Å². The van der Waals surface area contributed by atoms with Crippen molar-refractivity contribution in [1.29, 1.82) is 0 Å². The van der Waals surface area contributed by atoms with E-state index in [4.69, 9.17) is 5.11 Å². The average Bonchev–Trinajstić information content (AvgIpc) is 3.20. The molecular weight excluding hydrogens is 380 g/mol. The molecule has 29 heavy (non-hydrogen) atoms. The fraction of sp³-hybridized carbons (Fsp3) is 0.0833. The minimum Gasteiger partial charge on any atom is -0.481 e. The number of carbonyl (C=O) groups is 1. The minimum absolute atomic E-state index is 0.0901. The summed E-state index contributed by atoms with van der Waals surface area (Å²) in [5.41, 5.74) is 3.11. The molecule has 4 rings (SSSR count). The van der Waals surface area contributed by atoms with Crippen molar-refractivity contribution in [2.45, 2.75) is 12.0 Å². The van der Waals surface area contributed by atoms with Crippen molar-refractivity contribution < 1.29 is 9.90 Å². The molecule has 3 aromatic carbocycles. The first-order valence-corrected chi connectivity index (χ1v) is 10.2. The fourth-order valence-corrected chi connectivity index (χ4v) is 4.31. The molecule has 5 heteroatoms. The molecule has 0 spiro atoms. The number of carboxylic acids is 1. The third-order valence-corrected chi connectivity index (χ3v) is 5.61. The average molecular weight is 401 g/mol. The Hall–Kier alpha value is -3.44. The largest absolute Gasteiger partial charge is 0.481 e. The first kappa shape index (κ1) is 18.9. The number of nitrogens with zero attached hydrogens (tertiary/aromatic N) is 1. The zero-order chi connectivity index (χ0) is 20.1. The van der Waals surface area contributed by atoms with Crippen LogP contribution in [0.5, 0.6) is 0 Å². The maximum Gasteiger partial charge on any atom is 0.309 e. The number of aliphatic carboxylic acids is 1. The Kier molecular flexibility index (Phi) is 5.40. The molecule has 0 atom stereocenters. The molecule has 4 nitrogen and oxygen atoms in total. The van der Waals surface area contributed by atoms with Gasteiger partial charge >= 0.3 is 5.97 Å². The molecule has 144 valence electrons. The van der Waals surface area contributed by atoms with Crippen molar-refractivity contribution >= 4 is 22.4 Å². The topological polar surface area (TPSA) is 62.2 Å². The Morgan fingerprint density at radius 3 is 1.69 bits per heavy atom. The van der Waals surface area contributed by atoms with E-state index in [1.54, 1.807) is 5.38 Å². The van der Waals surface area contributed by atoms with Crippen LogP contribution in [0.4, 0.5) is 5.13 Å². The van der Waals surface area contributed by atoms with Gasteiger partial charge in [0.05, 0.1) is 12.1 Å².